The normalized spacial score (nSPS) is 19.3. The molecule has 1 atom stereocenters. The average Bonchev–Trinajstić information content (AvgIpc) is 3.32. The van der Waals surface area contributed by atoms with Gasteiger partial charge >= 0.3 is 0 Å². The summed E-state index contributed by atoms with van der Waals surface area (Å²) in [4.78, 5) is 15.6. The standard InChI is InChI=1S/C29H30FN3O/c30-26-14-8-7-13-25(26)28-20-27(24-11-5-2-6-12-24)31-33(28)29(34)21-32-17-15-23(16-18-32)19-22-9-3-1-4-10-22/h1-14,23,28H,15-21H2. The maximum atomic E-state index is 14.7. The lowest BCUT2D eigenvalue weighted by atomic mass is 9.90. The van der Waals surface area contributed by atoms with E-state index in [1.807, 2.05) is 36.4 Å². The lowest BCUT2D eigenvalue weighted by molar-refractivity contribution is -0.134. The molecule has 3 aromatic carbocycles. The Bertz CT molecular complexity index is 1140. The first-order valence-electron chi connectivity index (χ1n) is 12.1. The fraction of sp³-hybridized carbons (Fsp3) is 0.310. The van der Waals surface area contributed by atoms with Crippen LogP contribution < -0.4 is 0 Å². The number of carbonyl (C=O) groups is 1. The second-order valence-electron chi connectivity index (χ2n) is 9.30. The van der Waals surface area contributed by atoms with E-state index in [9.17, 15) is 9.18 Å². The third-order valence-corrected chi connectivity index (χ3v) is 6.97. The van der Waals surface area contributed by atoms with Crippen LogP contribution >= 0.6 is 0 Å². The number of rotatable bonds is 6. The lowest BCUT2D eigenvalue weighted by Gasteiger charge is -2.33. The van der Waals surface area contributed by atoms with Gasteiger partial charge in [-0.05, 0) is 55.5 Å². The van der Waals surface area contributed by atoms with Gasteiger partial charge in [0.1, 0.15) is 5.82 Å². The first-order chi connectivity index (χ1) is 16.7. The molecular weight excluding hydrogens is 425 g/mol. The number of benzene rings is 3. The minimum absolute atomic E-state index is 0.0688. The van der Waals surface area contributed by atoms with E-state index >= 15 is 0 Å². The molecule has 1 saturated heterocycles. The van der Waals surface area contributed by atoms with E-state index in [2.05, 4.69) is 35.2 Å². The van der Waals surface area contributed by atoms with Crippen LogP contribution in [-0.2, 0) is 11.2 Å². The molecule has 0 radical (unpaired) electrons. The van der Waals surface area contributed by atoms with Gasteiger partial charge in [0, 0.05) is 12.0 Å². The summed E-state index contributed by atoms with van der Waals surface area (Å²) in [6.45, 7) is 2.11. The summed E-state index contributed by atoms with van der Waals surface area (Å²) in [7, 11) is 0. The first-order valence-corrected chi connectivity index (χ1v) is 12.1. The molecule has 2 heterocycles. The highest BCUT2D eigenvalue weighted by Crippen LogP contribution is 2.34. The van der Waals surface area contributed by atoms with E-state index < -0.39 is 6.04 Å². The summed E-state index contributed by atoms with van der Waals surface area (Å²) >= 11 is 0. The molecular formula is C29H30FN3O. The van der Waals surface area contributed by atoms with Gasteiger partial charge in [-0.2, -0.15) is 5.10 Å². The number of amides is 1. The van der Waals surface area contributed by atoms with Gasteiger partial charge < -0.3 is 0 Å². The van der Waals surface area contributed by atoms with Gasteiger partial charge in [0.05, 0.1) is 18.3 Å². The molecule has 3 aromatic rings. The molecule has 5 rings (SSSR count). The molecule has 2 aliphatic rings. The van der Waals surface area contributed by atoms with E-state index in [-0.39, 0.29) is 11.7 Å². The fourth-order valence-corrected chi connectivity index (χ4v) is 5.09. The van der Waals surface area contributed by atoms with Crippen LogP contribution in [0.1, 0.15) is 42.0 Å². The Morgan fingerprint density at radius 2 is 1.53 bits per heavy atom. The maximum absolute atomic E-state index is 14.7. The van der Waals surface area contributed by atoms with Crippen molar-refractivity contribution >= 4 is 11.6 Å². The molecule has 0 saturated carbocycles. The molecule has 0 N–H and O–H groups in total. The van der Waals surface area contributed by atoms with Gasteiger partial charge in [0.25, 0.3) is 5.91 Å². The molecule has 1 fully saturated rings. The number of nitrogens with zero attached hydrogens (tertiary/aromatic N) is 3. The molecule has 174 valence electrons. The molecule has 1 amide bonds. The van der Waals surface area contributed by atoms with Crippen LogP contribution in [-0.4, -0.2) is 41.2 Å². The molecule has 1 unspecified atom stereocenters. The monoisotopic (exact) mass is 455 g/mol. The minimum atomic E-state index is -0.417. The van der Waals surface area contributed by atoms with Crippen molar-refractivity contribution in [3.8, 4) is 0 Å². The van der Waals surface area contributed by atoms with E-state index in [0.717, 1.165) is 43.6 Å². The first kappa shape index (κ1) is 22.5. The maximum Gasteiger partial charge on any atom is 0.257 e. The van der Waals surface area contributed by atoms with E-state index in [1.54, 1.807) is 12.1 Å². The summed E-state index contributed by atoms with van der Waals surface area (Å²) in [5, 5.41) is 6.23. The number of hydrogen-bond acceptors (Lipinski definition) is 3. The summed E-state index contributed by atoms with van der Waals surface area (Å²) in [5.74, 6) is 0.284. The molecule has 0 bridgehead atoms. The highest BCUT2D eigenvalue weighted by atomic mass is 19.1. The van der Waals surface area contributed by atoms with Crippen molar-refractivity contribution in [3.05, 3.63) is 107 Å². The van der Waals surface area contributed by atoms with Gasteiger partial charge in [-0.15, -0.1) is 0 Å². The number of carbonyl (C=O) groups excluding carboxylic acids is 1. The van der Waals surface area contributed by atoms with E-state index in [4.69, 9.17) is 5.10 Å². The third-order valence-electron chi connectivity index (χ3n) is 6.97. The zero-order valence-electron chi connectivity index (χ0n) is 19.3. The molecule has 4 nitrogen and oxygen atoms in total. The van der Waals surface area contributed by atoms with Gasteiger partial charge in [0.15, 0.2) is 0 Å². The molecule has 0 aromatic heterocycles. The van der Waals surface area contributed by atoms with Crippen LogP contribution in [0.15, 0.2) is 90.0 Å². The third kappa shape index (κ3) is 5.10. The summed E-state index contributed by atoms with van der Waals surface area (Å²) in [6.07, 6.45) is 3.76. The Morgan fingerprint density at radius 1 is 0.882 bits per heavy atom. The van der Waals surface area contributed by atoms with Crippen molar-refractivity contribution in [1.29, 1.82) is 0 Å². The second-order valence-corrected chi connectivity index (χ2v) is 9.30. The van der Waals surface area contributed by atoms with Crippen LogP contribution in [0.5, 0.6) is 0 Å². The van der Waals surface area contributed by atoms with Gasteiger partial charge in [-0.25, -0.2) is 9.40 Å². The lowest BCUT2D eigenvalue weighted by Crippen LogP contribution is -2.42. The van der Waals surface area contributed by atoms with Gasteiger partial charge in [-0.1, -0.05) is 78.9 Å². The Labute approximate surface area is 200 Å². The topological polar surface area (TPSA) is 35.9 Å². The van der Waals surface area contributed by atoms with Crippen molar-refractivity contribution in [3.63, 3.8) is 0 Å². The average molecular weight is 456 g/mol. The van der Waals surface area contributed by atoms with E-state index in [1.165, 1.54) is 16.6 Å². The number of likely N-dealkylation sites (tertiary alicyclic amines) is 1. The predicted octanol–water partition coefficient (Wildman–Crippen LogP) is 5.46. The van der Waals surface area contributed by atoms with Crippen molar-refractivity contribution in [2.45, 2.75) is 31.7 Å². The quantitative estimate of drug-likeness (QED) is 0.495. The zero-order valence-corrected chi connectivity index (χ0v) is 19.3. The van der Waals surface area contributed by atoms with Crippen molar-refractivity contribution < 1.29 is 9.18 Å². The molecule has 0 aliphatic carbocycles. The van der Waals surface area contributed by atoms with Crippen LogP contribution in [0.3, 0.4) is 0 Å². The molecule has 0 spiro atoms. The predicted molar refractivity (Wildman–Crippen MR) is 133 cm³/mol. The van der Waals surface area contributed by atoms with Crippen LogP contribution in [0.4, 0.5) is 4.39 Å². The van der Waals surface area contributed by atoms with Gasteiger partial charge in [-0.3, -0.25) is 9.69 Å². The van der Waals surface area contributed by atoms with Crippen molar-refractivity contribution in [2.75, 3.05) is 19.6 Å². The minimum Gasteiger partial charge on any atom is -0.294 e. The van der Waals surface area contributed by atoms with E-state index in [0.29, 0.717) is 24.4 Å². The zero-order chi connectivity index (χ0) is 23.3. The molecule has 2 aliphatic heterocycles. The molecule has 5 heteroatoms. The van der Waals surface area contributed by atoms with Crippen LogP contribution in [0.25, 0.3) is 0 Å². The Morgan fingerprint density at radius 3 is 2.24 bits per heavy atom. The highest BCUT2D eigenvalue weighted by Gasteiger charge is 2.35. The smallest absolute Gasteiger partial charge is 0.257 e. The van der Waals surface area contributed by atoms with Crippen molar-refractivity contribution in [2.24, 2.45) is 11.0 Å². The fourth-order valence-electron chi connectivity index (χ4n) is 5.09. The highest BCUT2D eigenvalue weighted by molar-refractivity contribution is 6.03. The summed E-state index contributed by atoms with van der Waals surface area (Å²) < 4.78 is 14.7. The number of hydrazone groups is 1. The number of halogens is 1. The SMILES string of the molecule is O=C(CN1CCC(Cc2ccccc2)CC1)N1N=C(c2ccccc2)CC1c1ccccc1F. The summed E-state index contributed by atoms with van der Waals surface area (Å²) in [6, 6.07) is 26.8. The Balaban J connectivity index is 1.27. The van der Waals surface area contributed by atoms with Crippen molar-refractivity contribution in [1.82, 2.24) is 9.91 Å². The summed E-state index contributed by atoms with van der Waals surface area (Å²) in [5.41, 5.74) is 3.70. The van der Waals surface area contributed by atoms with Crippen LogP contribution in [0, 0.1) is 11.7 Å². The number of hydrogen-bond donors (Lipinski definition) is 0. The second kappa shape index (κ2) is 10.3. The molecule has 34 heavy (non-hydrogen) atoms. The Kier molecular flexibility index (Phi) is 6.82. The van der Waals surface area contributed by atoms with Crippen LogP contribution in [0.2, 0.25) is 0 Å². The largest absolute Gasteiger partial charge is 0.294 e. The number of piperidine rings is 1. The Hall–Kier alpha value is -3.31. The van der Waals surface area contributed by atoms with Gasteiger partial charge in [0.2, 0.25) is 0 Å².